The Bertz CT molecular complexity index is 595. The highest BCUT2D eigenvalue weighted by molar-refractivity contribution is 7.12. The van der Waals surface area contributed by atoms with E-state index in [2.05, 4.69) is 20.8 Å². The third-order valence-electron chi connectivity index (χ3n) is 2.62. The maximum atomic E-state index is 12.1. The second-order valence-electron chi connectivity index (χ2n) is 4.20. The summed E-state index contributed by atoms with van der Waals surface area (Å²) in [7, 11) is 0. The van der Waals surface area contributed by atoms with Gasteiger partial charge in [-0.15, -0.1) is 16.4 Å². The van der Waals surface area contributed by atoms with Gasteiger partial charge in [0.15, 0.2) is 0 Å². The van der Waals surface area contributed by atoms with Crippen molar-refractivity contribution in [1.29, 1.82) is 0 Å². The van der Waals surface area contributed by atoms with E-state index in [4.69, 9.17) is 5.11 Å². The minimum Gasteiger partial charge on any atom is -0.481 e. The molecule has 0 fully saturated rings. The standard InChI is InChI=1S/C11H13N5O3S/c1-7(2-3-9(17)18)13-11(19)10-8(4-5-20-10)16-6-12-14-15-16/h4-7H,2-3H2,1H3,(H,13,19)(H,17,18). The van der Waals surface area contributed by atoms with Crippen LogP contribution in [0, 0.1) is 0 Å². The third kappa shape index (κ3) is 3.38. The monoisotopic (exact) mass is 295 g/mol. The molecule has 0 radical (unpaired) electrons. The molecule has 2 N–H and O–H groups in total. The van der Waals surface area contributed by atoms with E-state index in [1.54, 1.807) is 18.4 Å². The maximum Gasteiger partial charge on any atom is 0.303 e. The molecule has 0 bridgehead atoms. The lowest BCUT2D eigenvalue weighted by Gasteiger charge is -2.12. The number of hydrogen-bond donors (Lipinski definition) is 2. The molecule has 2 rings (SSSR count). The molecule has 2 aromatic rings. The zero-order chi connectivity index (χ0) is 14.5. The number of thiophene rings is 1. The van der Waals surface area contributed by atoms with E-state index in [-0.39, 0.29) is 18.4 Å². The molecule has 1 amide bonds. The molecular formula is C11H13N5O3S. The van der Waals surface area contributed by atoms with Crippen LogP contribution < -0.4 is 5.32 Å². The zero-order valence-electron chi connectivity index (χ0n) is 10.7. The smallest absolute Gasteiger partial charge is 0.303 e. The Morgan fingerprint density at radius 3 is 3.00 bits per heavy atom. The van der Waals surface area contributed by atoms with Gasteiger partial charge in [-0.3, -0.25) is 9.59 Å². The molecule has 0 aromatic carbocycles. The zero-order valence-corrected chi connectivity index (χ0v) is 11.5. The molecule has 9 heteroatoms. The van der Waals surface area contributed by atoms with Gasteiger partial charge < -0.3 is 10.4 Å². The Hall–Kier alpha value is -2.29. The van der Waals surface area contributed by atoms with Crippen molar-refractivity contribution in [3.63, 3.8) is 0 Å². The second kappa shape index (κ2) is 6.24. The average Bonchev–Trinajstić information content (AvgIpc) is 3.05. The third-order valence-corrected chi connectivity index (χ3v) is 3.52. The highest BCUT2D eigenvalue weighted by atomic mass is 32.1. The van der Waals surface area contributed by atoms with Crippen LogP contribution in [0.2, 0.25) is 0 Å². The summed E-state index contributed by atoms with van der Waals surface area (Å²) in [6, 6.07) is 1.53. The molecule has 0 aliphatic heterocycles. The first-order valence-electron chi connectivity index (χ1n) is 5.91. The fourth-order valence-corrected chi connectivity index (χ4v) is 2.41. The Balaban J connectivity index is 2.03. The number of hydrogen-bond acceptors (Lipinski definition) is 6. The predicted molar refractivity (Wildman–Crippen MR) is 70.8 cm³/mol. The number of aromatic nitrogens is 4. The highest BCUT2D eigenvalue weighted by Gasteiger charge is 2.17. The topological polar surface area (TPSA) is 110 Å². The van der Waals surface area contributed by atoms with Crippen molar-refractivity contribution < 1.29 is 14.7 Å². The van der Waals surface area contributed by atoms with Gasteiger partial charge in [-0.2, -0.15) is 4.68 Å². The second-order valence-corrected chi connectivity index (χ2v) is 5.11. The van der Waals surface area contributed by atoms with Gasteiger partial charge in [0.05, 0.1) is 5.69 Å². The van der Waals surface area contributed by atoms with Crippen molar-refractivity contribution in [2.24, 2.45) is 0 Å². The lowest BCUT2D eigenvalue weighted by molar-refractivity contribution is -0.137. The summed E-state index contributed by atoms with van der Waals surface area (Å²) >= 11 is 1.28. The lowest BCUT2D eigenvalue weighted by Crippen LogP contribution is -2.33. The molecular weight excluding hydrogens is 282 g/mol. The fraction of sp³-hybridized carbons (Fsp3) is 0.364. The van der Waals surface area contributed by atoms with Crippen LogP contribution in [0.15, 0.2) is 17.8 Å². The Labute approximate surface area is 118 Å². The van der Waals surface area contributed by atoms with Crippen LogP contribution >= 0.6 is 11.3 Å². The van der Waals surface area contributed by atoms with Crippen molar-refractivity contribution in [1.82, 2.24) is 25.5 Å². The summed E-state index contributed by atoms with van der Waals surface area (Å²) in [4.78, 5) is 23.1. The van der Waals surface area contributed by atoms with Gasteiger partial charge in [-0.1, -0.05) is 0 Å². The van der Waals surface area contributed by atoms with Crippen molar-refractivity contribution >= 4 is 23.2 Å². The van der Waals surface area contributed by atoms with E-state index in [0.717, 1.165) is 0 Å². The van der Waals surface area contributed by atoms with E-state index in [9.17, 15) is 9.59 Å². The normalized spacial score (nSPS) is 12.1. The molecule has 1 unspecified atom stereocenters. The first kappa shape index (κ1) is 14.1. The molecule has 0 saturated carbocycles. The minimum atomic E-state index is -0.878. The van der Waals surface area contributed by atoms with E-state index >= 15 is 0 Å². The number of aliphatic carboxylic acids is 1. The number of carbonyl (C=O) groups excluding carboxylic acids is 1. The first-order chi connectivity index (χ1) is 9.58. The van der Waals surface area contributed by atoms with Crippen LogP contribution in [-0.4, -0.2) is 43.2 Å². The van der Waals surface area contributed by atoms with E-state index < -0.39 is 5.97 Å². The van der Waals surface area contributed by atoms with Crippen LogP contribution in [0.3, 0.4) is 0 Å². The van der Waals surface area contributed by atoms with Crippen LogP contribution in [0.4, 0.5) is 0 Å². The van der Waals surface area contributed by atoms with Gasteiger partial charge in [0.2, 0.25) is 0 Å². The van der Waals surface area contributed by atoms with Crippen LogP contribution in [0.5, 0.6) is 0 Å². The molecule has 0 aliphatic rings. The summed E-state index contributed by atoms with van der Waals surface area (Å²) in [5, 5.41) is 24.0. The van der Waals surface area contributed by atoms with Crippen molar-refractivity contribution in [2.75, 3.05) is 0 Å². The van der Waals surface area contributed by atoms with E-state index in [1.165, 1.54) is 22.3 Å². The number of rotatable bonds is 6. The summed E-state index contributed by atoms with van der Waals surface area (Å²) in [5.74, 6) is -1.14. The average molecular weight is 295 g/mol. The van der Waals surface area contributed by atoms with Gasteiger partial charge in [0.1, 0.15) is 11.2 Å². The molecule has 8 nitrogen and oxygen atoms in total. The number of carboxylic acids is 1. The van der Waals surface area contributed by atoms with E-state index in [1.807, 2.05) is 0 Å². The van der Waals surface area contributed by atoms with Gasteiger partial charge in [0, 0.05) is 12.5 Å². The van der Waals surface area contributed by atoms with Crippen molar-refractivity contribution in [2.45, 2.75) is 25.8 Å². The van der Waals surface area contributed by atoms with Gasteiger partial charge in [0.25, 0.3) is 5.91 Å². The molecule has 0 saturated heterocycles. The molecule has 106 valence electrons. The van der Waals surface area contributed by atoms with Gasteiger partial charge in [-0.05, 0) is 35.2 Å². The molecule has 20 heavy (non-hydrogen) atoms. The number of carbonyl (C=O) groups is 2. The predicted octanol–water partition coefficient (Wildman–Crippen LogP) is 0.707. The molecule has 2 aromatic heterocycles. The van der Waals surface area contributed by atoms with Gasteiger partial charge in [-0.25, -0.2) is 0 Å². The van der Waals surface area contributed by atoms with E-state index in [0.29, 0.717) is 17.0 Å². The maximum absolute atomic E-state index is 12.1. The van der Waals surface area contributed by atoms with Crippen LogP contribution in [0.25, 0.3) is 5.69 Å². The Morgan fingerprint density at radius 1 is 1.55 bits per heavy atom. The number of carboxylic acid groups (broad SMARTS) is 1. The highest BCUT2D eigenvalue weighted by Crippen LogP contribution is 2.20. The largest absolute Gasteiger partial charge is 0.481 e. The molecule has 2 heterocycles. The molecule has 0 spiro atoms. The molecule has 1 atom stereocenters. The van der Waals surface area contributed by atoms with Crippen LogP contribution in [0.1, 0.15) is 29.4 Å². The van der Waals surface area contributed by atoms with Crippen molar-refractivity contribution in [3.8, 4) is 5.69 Å². The number of tetrazole rings is 1. The summed E-state index contributed by atoms with van der Waals surface area (Å²) < 4.78 is 1.41. The SMILES string of the molecule is CC(CCC(=O)O)NC(=O)c1sccc1-n1cnnn1. The Morgan fingerprint density at radius 2 is 2.35 bits per heavy atom. The number of nitrogens with one attached hydrogen (secondary N) is 1. The summed E-state index contributed by atoms with van der Waals surface area (Å²) in [6.07, 6.45) is 1.81. The molecule has 0 aliphatic carbocycles. The first-order valence-corrected chi connectivity index (χ1v) is 6.79. The summed E-state index contributed by atoms with van der Waals surface area (Å²) in [6.45, 7) is 1.77. The minimum absolute atomic E-state index is 0.0196. The number of amides is 1. The van der Waals surface area contributed by atoms with Crippen molar-refractivity contribution in [3.05, 3.63) is 22.7 Å². The lowest BCUT2D eigenvalue weighted by atomic mass is 10.2. The fourth-order valence-electron chi connectivity index (χ4n) is 1.63. The number of nitrogens with zero attached hydrogens (tertiary/aromatic N) is 4. The Kier molecular flexibility index (Phi) is 4.41. The van der Waals surface area contributed by atoms with Crippen LogP contribution in [-0.2, 0) is 4.79 Å². The summed E-state index contributed by atoms with van der Waals surface area (Å²) in [5.41, 5.74) is 0.600. The van der Waals surface area contributed by atoms with Gasteiger partial charge >= 0.3 is 5.97 Å². The quantitative estimate of drug-likeness (QED) is 0.812.